The van der Waals surface area contributed by atoms with Crippen molar-refractivity contribution < 1.29 is 4.79 Å². The maximum atomic E-state index is 12.6. The summed E-state index contributed by atoms with van der Waals surface area (Å²) in [6, 6.07) is 18.0. The molecular formula is C27H33N3O. The van der Waals surface area contributed by atoms with Crippen molar-refractivity contribution in [1.82, 2.24) is 4.90 Å². The fraction of sp³-hybridized carbons (Fsp3) is 0.444. The Morgan fingerprint density at radius 1 is 1.13 bits per heavy atom. The first-order chi connectivity index (χ1) is 15.0. The van der Waals surface area contributed by atoms with Crippen LogP contribution < -0.4 is 0 Å². The Hall–Kier alpha value is -2.93. The summed E-state index contributed by atoms with van der Waals surface area (Å²) in [5.74, 6) is 0.966. The van der Waals surface area contributed by atoms with Crippen LogP contribution in [-0.2, 0) is 11.3 Å². The van der Waals surface area contributed by atoms with Crippen LogP contribution in [0.15, 0.2) is 53.5 Å². The fourth-order valence-electron chi connectivity index (χ4n) is 4.34. The number of aliphatic imine (C=N–C) groups is 1. The lowest BCUT2D eigenvalue weighted by Gasteiger charge is -2.28. The van der Waals surface area contributed by atoms with Crippen molar-refractivity contribution >= 4 is 11.7 Å². The maximum absolute atomic E-state index is 12.6. The topological polar surface area (TPSA) is 56.5 Å². The van der Waals surface area contributed by atoms with Gasteiger partial charge in [-0.3, -0.25) is 14.7 Å². The van der Waals surface area contributed by atoms with E-state index in [0.717, 1.165) is 54.6 Å². The lowest BCUT2D eigenvalue weighted by atomic mass is 9.99. The summed E-state index contributed by atoms with van der Waals surface area (Å²) >= 11 is 0. The largest absolute Gasteiger partial charge is 0.296 e. The minimum Gasteiger partial charge on any atom is -0.296 e. The first-order valence-electron chi connectivity index (χ1n) is 11.4. The van der Waals surface area contributed by atoms with Gasteiger partial charge in [-0.05, 0) is 48.9 Å². The Labute approximate surface area is 186 Å². The number of amides is 1. The number of rotatable bonds is 7. The zero-order valence-corrected chi connectivity index (χ0v) is 19.0. The molecule has 0 unspecified atom stereocenters. The summed E-state index contributed by atoms with van der Waals surface area (Å²) in [6.07, 6.45) is 7.57. The molecule has 31 heavy (non-hydrogen) atoms. The molecule has 0 aromatic heterocycles. The van der Waals surface area contributed by atoms with Gasteiger partial charge >= 0.3 is 0 Å². The smallest absolute Gasteiger partial charge is 0.225 e. The number of nitriles is 1. The van der Waals surface area contributed by atoms with E-state index in [0.29, 0.717) is 12.1 Å². The van der Waals surface area contributed by atoms with E-state index in [1.54, 1.807) is 6.92 Å². The van der Waals surface area contributed by atoms with E-state index in [2.05, 4.69) is 19.9 Å². The standard InChI is InChI=1S/C27H33N3O/c1-4-5-12-26(29-27(3)17-8-9-18-27)30(21(2)31)20-22-13-15-23(16-14-22)25-11-7-6-10-24(25)19-28/h6-7,10-11,13-16H,4-5,8-9,12,17-18,20H2,1-3H3. The summed E-state index contributed by atoms with van der Waals surface area (Å²) in [5, 5.41) is 9.38. The molecule has 3 rings (SSSR count). The number of hydrogen-bond acceptors (Lipinski definition) is 3. The van der Waals surface area contributed by atoms with Gasteiger partial charge in [0.25, 0.3) is 0 Å². The molecule has 4 nitrogen and oxygen atoms in total. The van der Waals surface area contributed by atoms with Crippen LogP contribution in [-0.4, -0.2) is 22.2 Å². The second-order valence-corrected chi connectivity index (χ2v) is 8.80. The van der Waals surface area contributed by atoms with E-state index < -0.39 is 0 Å². The molecule has 2 aromatic carbocycles. The van der Waals surface area contributed by atoms with Crippen molar-refractivity contribution in [2.45, 2.75) is 77.8 Å². The molecular weight excluding hydrogens is 382 g/mol. The summed E-state index contributed by atoms with van der Waals surface area (Å²) < 4.78 is 0. The van der Waals surface area contributed by atoms with Gasteiger partial charge in [-0.2, -0.15) is 5.26 Å². The molecule has 0 bridgehead atoms. The Kier molecular flexibility index (Phi) is 7.63. The van der Waals surface area contributed by atoms with Gasteiger partial charge in [-0.25, -0.2) is 0 Å². The molecule has 1 aliphatic carbocycles. The van der Waals surface area contributed by atoms with Crippen LogP contribution in [0.2, 0.25) is 0 Å². The van der Waals surface area contributed by atoms with E-state index in [1.807, 2.05) is 53.4 Å². The highest BCUT2D eigenvalue weighted by atomic mass is 16.2. The zero-order valence-electron chi connectivity index (χ0n) is 19.0. The second kappa shape index (κ2) is 10.4. The summed E-state index contributed by atoms with van der Waals surface area (Å²) in [7, 11) is 0. The van der Waals surface area contributed by atoms with E-state index in [-0.39, 0.29) is 11.4 Å². The van der Waals surface area contributed by atoms with Crippen molar-refractivity contribution in [2.24, 2.45) is 4.99 Å². The highest BCUT2D eigenvalue weighted by molar-refractivity contribution is 5.97. The van der Waals surface area contributed by atoms with E-state index in [1.165, 1.54) is 12.8 Å². The Balaban J connectivity index is 1.85. The number of unbranched alkanes of at least 4 members (excludes halogenated alkanes) is 1. The van der Waals surface area contributed by atoms with Gasteiger partial charge in [0.15, 0.2) is 0 Å². The monoisotopic (exact) mass is 415 g/mol. The molecule has 4 heteroatoms. The van der Waals surface area contributed by atoms with Gasteiger partial charge in [0.2, 0.25) is 5.91 Å². The molecule has 1 aliphatic rings. The Morgan fingerprint density at radius 2 is 1.81 bits per heavy atom. The summed E-state index contributed by atoms with van der Waals surface area (Å²) in [6.45, 7) is 6.56. The first kappa shape index (κ1) is 22.7. The number of carbonyl (C=O) groups excluding carboxylic acids is 1. The van der Waals surface area contributed by atoms with Crippen molar-refractivity contribution in [3.63, 3.8) is 0 Å². The van der Waals surface area contributed by atoms with Gasteiger partial charge in [-0.1, -0.05) is 68.7 Å². The van der Waals surface area contributed by atoms with Crippen molar-refractivity contribution in [2.75, 3.05) is 0 Å². The minimum absolute atomic E-state index is 0.0374. The molecule has 1 fully saturated rings. The highest BCUT2D eigenvalue weighted by Crippen LogP contribution is 2.33. The Morgan fingerprint density at radius 3 is 2.42 bits per heavy atom. The SMILES string of the molecule is CCCCC(=NC1(C)CCCC1)N(Cc1ccc(-c2ccccc2C#N)cc1)C(C)=O. The molecule has 1 saturated carbocycles. The number of benzene rings is 2. The van der Waals surface area contributed by atoms with Crippen molar-refractivity contribution in [3.8, 4) is 17.2 Å². The maximum Gasteiger partial charge on any atom is 0.225 e. The van der Waals surface area contributed by atoms with Crippen LogP contribution in [0.25, 0.3) is 11.1 Å². The van der Waals surface area contributed by atoms with Crippen LogP contribution in [0.5, 0.6) is 0 Å². The number of amidine groups is 1. The number of nitrogens with zero attached hydrogens (tertiary/aromatic N) is 3. The molecule has 0 N–H and O–H groups in total. The van der Waals surface area contributed by atoms with Crippen LogP contribution in [0.4, 0.5) is 0 Å². The molecule has 0 spiro atoms. The van der Waals surface area contributed by atoms with Gasteiger partial charge in [0.1, 0.15) is 5.84 Å². The van der Waals surface area contributed by atoms with Gasteiger partial charge in [0, 0.05) is 13.3 Å². The van der Waals surface area contributed by atoms with Crippen LogP contribution >= 0.6 is 0 Å². The van der Waals surface area contributed by atoms with Crippen LogP contribution in [0.1, 0.15) is 76.8 Å². The molecule has 0 saturated heterocycles. The highest BCUT2D eigenvalue weighted by Gasteiger charge is 2.30. The van der Waals surface area contributed by atoms with Gasteiger partial charge in [0.05, 0.1) is 23.7 Å². The van der Waals surface area contributed by atoms with Crippen molar-refractivity contribution in [3.05, 3.63) is 59.7 Å². The molecule has 0 aliphatic heterocycles. The molecule has 2 aromatic rings. The van der Waals surface area contributed by atoms with E-state index in [9.17, 15) is 10.1 Å². The summed E-state index contributed by atoms with van der Waals surface area (Å²) in [4.78, 5) is 19.6. The lowest BCUT2D eigenvalue weighted by molar-refractivity contribution is -0.125. The van der Waals surface area contributed by atoms with Gasteiger partial charge in [-0.15, -0.1) is 0 Å². The van der Waals surface area contributed by atoms with Crippen LogP contribution in [0, 0.1) is 11.3 Å². The minimum atomic E-state index is -0.0400. The normalized spacial score (nSPS) is 15.5. The average molecular weight is 416 g/mol. The number of carbonyl (C=O) groups is 1. The quantitative estimate of drug-likeness (QED) is 0.383. The van der Waals surface area contributed by atoms with E-state index in [4.69, 9.17) is 4.99 Å². The second-order valence-electron chi connectivity index (χ2n) is 8.80. The third-order valence-corrected chi connectivity index (χ3v) is 6.18. The third kappa shape index (κ3) is 5.82. The van der Waals surface area contributed by atoms with Gasteiger partial charge < -0.3 is 0 Å². The molecule has 0 atom stereocenters. The van der Waals surface area contributed by atoms with Crippen molar-refractivity contribution in [1.29, 1.82) is 5.26 Å². The number of hydrogen-bond donors (Lipinski definition) is 0. The third-order valence-electron chi connectivity index (χ3n) is 6.18. The molecule has 1 amide bonds. The molecule has 0 radical (unpaired) electrons. The first-order valence-corrected chi connectivity index (χ1v) is 11.4. The van der Waals surface area contributed by atoms with E-state index >= 15 is 0 Å². The predicted octanol–water partition coefficient (Wildman–Crippen LogP) is 6.50. The fourth-order valence-corrected chi connectivity index (χ4v) is 4.34. The molecule has 162 valence electrons. The van der Waals surface area contributed by atoms with Crippen LogP contribution in [0.3, 0.4) is 0 Å². The average Bonchev–Trinajstić information content (AvgIpc) is 3.21. The lowest BCUT2D eigenvalue weighted by Crippen LogP contribution is -2.37. The summed E-state index contributed by atoms with van der Waals surface area (Å²) in [5.41, 5.74) is 3.63. The molecule has 0 heterocycles. The zero-order chi connectivity index (χ0) is 22.3. The Bertz CT molecular complexity index is 963. The predicted molar refractivity (Wildman–Crippen MR) is 127 cm³/mol.